The highest BCUT2D eigenvalue weighted by Gasteiger charge is 2.21. The van der Waals surface area contributed by atoms with Crippen molar-refractivity contribution in [3.63, 3.8) is 0 Å². The third kappa shape index (κ3) is 3.11. The first-order chi connectivity index (χ1) is 11.1. The Morgan fingerprint density at radius 3 is 2.48 bits per heavy atom. The minimum Gasteiger partial charge on any atom is -0.322 e. The fourth-order valence-corrected chi connectivity index (χ4v) is 2.84. The Bertz CT molecular complexity index is 750. The summed E-state index contributed by atoms with van der Waals surface area (Å²) in [5, 5.41) is 2.91. The van der Waals surface area contributed by atoms with Crippen LogP contribution in [0.1, 0.15) is 34.3 Å². The number of hydrogen-bond donors (Lipinski definition) is 1. The summed E-state index contributed by atoms with van der Waals surface area (Å²) in [6.45, 7) is 4.72. The second kappa shape index (κ2) is 6.24. The summed E-state index contributed by atoms with van der Waals surface area (Å²) >= 11 is 0. The second-order valence-corrected chi connectivity index (χ2v) is 5.90. The summed E-state index contributed by atoms with van der Waals surface area (Å²) in [5.41, 5.74) is 4.39. The Kier molecular flexibility index (Phi) is 4.15. The number of carbonyl (C=O) groups excluding carboxylic acids is 2. The van der Waals surface area contributed by atoms with Gasteiger partial charge in [0.05, 0.1) is 0 Å². The van der Waals surface area contributed by atoms with E-state index in [0.29, 0.717) is 12.0 Å². The molecule has 0 atom stereocenters. The first-order valence-corrected chi connectivity index (χ1v) is 7.84. The average molecular weight is 308 g/mol. The molecule has 3 rings (SSSR count). The molecule has 1 N–H and O–H groups in total. The summed E-state index contributed by atoms with van der Waals surface area (Å²) in [6, 6.07) is 13.1. The van der Waals surface area contributed by atoms with Crippen LogP contribution in [0.5, 0.6) is 0 Å². The van der Waals surface area contributed by atoms with E-state index in [1.807, 2.05) is 56.3 Å². The zero-order valence-electron chi connectivity index (χ0n) is 13.4. The highest BCUT2D eigenvalue weighted by atomic mass is 16.2. The van der Waals surface area contributed by atoms with E-state index in [1.165, 1.54) is 0 Å². The van der Waals surface area contributed by atoms with Gasteiger partial charge < -0.3 is 10.2 Å². The fraction of sp³-hybridized carbons (Fsp3) is 0.263. The smallest absolute Gasteiger partial charge is 0.255 e. The third-order valence-electron chi connectivity index (χ3n) is 4.36. The maximum Gasteiger partial charge on any atom is 0.255 e. The van der Waals surface area contributed by atoms with E-state index in [1.54, 1.807) is 4.90 Å². The van der Waals surface area contributed by atoms with Crippen LogP contribution in [0.3, 0.4) is 0 Å². The number of hydrogen-bond acceptors (Lipinski definition) is 2. The zero-order valence-corrected chi connectivity index (χ0v) is 13.4. The number of nitrogens with zero attached hydrogens (tertiary/aromatic N) is 1. The molecular weight excluding hydrogens is 288 g/mol. The van der Waals surface area contributed by atoms with Gasteiger partial charge >= 0.3 is 0 Å². The molecule has 1 aliphatic rings. The van der Waals surface area contributed by atoms with Crippen LogP contribution in [0.25, 0.3) is 0 Å². The van der Waals surface area contributed by atoms with Crippen molar-refractivity contribution in [3.05, 3.63) is 59.2 Å². The van der Waals surface area contributed by atoms with Crippen LogP contribution in [0.15, 0.2) is 42.5 Å². The number of rotatable bonds is 3. The molecule has 0 bridgehead atoms. The Morgan fingerprint density at radius 1 is 1.09 bits per heavy atom. The number of amides is 2. The Morgan fingerprint density at radius 2 is 1.83 bits per heavy atom. The van der Waals surface area contributed by atoms with E-state index >= 15 is 0 Å². The van der Waals surface area contributed by atoms with Gasteiger partial charge in [0.25, 0.3) is 5.91 Å². The molecule has 4 heteroatoms. The number of benzene rings is 2. The molecule has 1 aliphatic heterocycles. The van der Waals surface area contributed by atoms with Crippen molar-refractivity contribution in [2.24, 2.45) is 0 Å². The van der Waals surface area contributed by atoms with Crippen LogP contribution in [-0.2, 0) is 4.79 Å². The SMILES string of the molecule is Cc1cccc(C(=O)Nc2ccc(N3CCCC3=O)cc2)c1C. The molecule has 1 saturated heterocycles. The van der Waals surface area contributed by atoms with Crippen LogP contribution >= 0.6 is 0 Å². The van der Waals surface area contributed by atoms with Crippen molar-refractivity contribution >= 4 is 23.2 Å². The van der Waals surface area contributed by atoms with E-state index < -0.39 is 0 Å². The standard InChI is InChI=1S/C19H20N2O2/c1-13-5-3-6-17(14(13)2)19(23)20-15-8-10-16(11-9-15)21-12-4-7-18(21)22/h3,5-6,8-11H,4,7,12H2,1-2H3,(H,20,23). The van der Waals surface area contributed by atoms with Crippen LogP contribution < -0.4 is 10.2 Å². The molecule has 0 spiro atoms. The Labute approximate surface area is 136 Å². The summed E-state index contributed by atoms with van der Waals surface area (Å²) < 4.78 is 0. The molecule has 2 aromatic rings. The summed E-state index contributed by atoms with van der Waals surface area (Å²) in [5.74, 6) is 0.0494. The van der Waals surface area contributed by atoms with Gasteiger partial charge in [0.15, 0.2) is 0 Å². The van der Waals surface area contributed by atoms with E-state index in [0.717, 1.165) is 35.5 Å². The van der Waals surface area contributed by atoms with E-state index in [-0.39, 0.29) is 11.8 Å². The predicted octanol–water partition coefficient (Wildman–Crippen LogP) is 3.68. The molecule has 0 unspecified atom stereocenters. The van der Waals surface area contributed by atoms with Crippen molar-refractivity contribution < 1.29 is 9.59 Å². The van der Waals surface area contributed by atoms with Gasteiger partial charge in [0, 0.05) is 29.9 Å². The minimum atomic E-state index is -0.115. The molecule has 0 saturated carbocycles. The number of nitrogens with one attached hydrogen (secondary N) is 1. The molecule has 23 heavy (non-hydrogen) atoms. The van der Waals surface area contributed by atoms with Gasteiger partial charge in [-0.2, -0.15) is 0 Å². The van der Waals surface area contributed by atoms with Crippen molar-refractivity contribution in [2.75, 3.05) is 16.8 Å². The first kappa shape index (κ1) is 15.3. The molecule has 2 aromatic carbocycles. The van der Waals surface area contributed by atoms with Crippen LogP contribution in [-0.4, -0.2) is 18.4 Å². The normalized spacial score (nSPS) is 14.2. The van der Waals surface area contributed by atoms with E-state index in [9.17, 15) is 9.59 Å². The van der Waals surface area contributed by atoms with Crippen LogP contribution in [0.2, 0.25) is 0 Å². The average Bonchev–Trinajstić information content (AvgIpc) is 2.97. The molecule has 4 nitrogen and oxygen atoms in total. The lowest BCUT2D eigenvalue weighted by molar-refractivity contribution is -0.117. The molecule has 0 radical (unpaired) electrons. The maximum atomic E-state index is 12.4. The van der Waals surface area contributed by atoms with Gasteiger partial charge in [-0.05, 0) is 61.7 Å². The Balaban J connectivity index is 1.74. The highest BCUT2D eigenvalue weighted by molar-refractivity contribution is 6.05. The Hall–Kier alpha value is -2.62. The van der Waals surface area contributed by atoms with Crippen molar-refractivity contribution in [1.29, 1.82) is 0 Å². The monoisotopic (exact) mass is 308 g/mol. The van der Waals surface area contributed by atoms with Gasteiger partial charge in [0.2, 0.25) is 5.91 Å². The second-order valence-electron chi connectivity index (χ2n) is 5.90. The molecular formula is C19H20N2O2. The van der Waals surface area contributed by atoms with Gasteiger partial charge in [-0.25, -0.2) is 0 Å². The zero-order chi connectivity index (χ0) is 16.4. The fourth-order valence-electron chi connectivity index (χ4n) is 2.84. The van der Waals surface area contributed by atoms with Crippen LogP contribution in [0, 0.1) is 13.8 Å². The van der Waals surface area contributed by atoms with Crippen molar-refractivity contribution in [3.8, 4) is 0 Å². The third-order valence-corrected chi connectivity index (χ3v) is 4.36. The van der Waals surface area contributed by atoms with Gasteiger partial charge in [-0.1, -0.05) is 12.1 Å². The molecule has 1 heterocycles. The van der Waals surface area contributed by atoms with E-state index in [4.69, 9.17) is 0 Å². The van der Waals surface area contributed by atoms with Gasteiger partial charge in [-0.15, -0.1) is 0 Å². The lowest BCUT2D eigenvalue weighted by Crippen LogP contribution is -2.23. The molecule has 1 fully saturated rings. The summed E-state index contributed by atoms with van der Waals surface area (Å²) in [7, 11) is 0. The first-order valence-electron chi connectivity index (χ1n) is 7.84. The lowest BCUT2D eigenvalue weighted by Gasteiger charge is -2.16. The maximum absolute atomic E-state index is 12.4. The molecule has 0 aliphatic carbocycles. The van der Waals surface area contributed by atoms with E-state index in [2.05, 4.69) is 5.32 Å². The molecule has 0 aromatic heterocycles. The number of carbonyl (C=O) groups is 2. The molecule has 2 amide bonds. The summed E-state index contributed by atoms with van der Waals surface area (Å²) in [4.78, 5) is 25.9. The van der Waals surface area contributed by atoms with Crippen LogP contribution in [0.4, 0.5) is 11.4 Å². The number of anilines is 2. The van der Waals surface area contributed by atoms with Gasteiger partial charge in [-0.3, -0.25) is 9.59 Å². The molecule has 118 valence electrons. The minimum absolute atomic E-state index is 0.115. The van der Waals surface area contributed by atoms with Crippen molar-refractivity contribution in [2.45, 2.75) is 26.7 Å². The topological polar surface area (TPSA) is 49.4 Å². The lowest BCUT2D eigenvalue weighted by atomic mass is 10.0. The highest BCUT2D eigenvalue weighted by Crippen LogP contribution is 2.23. The predicted molar refractivity (Wildman–Crippen MR) is 91.9 cm³/mol. The van der Waals surface area contributed by atoms with Crippen molar-refractivity contribution in [1.82, 2.24) is 0 Å². The summed E-state index contributed by atoms with van der Waals surface area (Å²) in [6.07, 6.45) is 1.52. The quantitative estimate of drug-likeness (QED) is 0.940. The largest absolute Gasteiger partial charge is 0.322 e. The number of aryl methyl sites for hydroxylation is 1. The van der Waals surface area contributed by atoms with Gasteiger partial charge in [0.1, 0.15) is 0 Å².